The Kier molecular flexibility index (Phi) is 14.0. The molecule has 2 saturated carbocycles. The second-order valence-electron chi connectivity index (χ2n) is 9.00. The number of halogens is 1. The summed E-state index contributed by atoms with van der Waals surface area (Å²) in [6.07, 6.45) is 14.6. The fourth-order valence-electron chi connectivity index (χ4n) is 4.63. The van der Waals surface area contributed by atoms with Gasteiger partial charge in [-0.15, -0.1) is 24.0 Å². The molecule has 0 bridgehead atoms. The third-order valence-corrected chi connectivity index (χ3v) is 6.32. The van der Waals surface area contributed by atoms with Gasteiger partial charge in [0, 0.05) is 33.8 Å². The number of hydrogen-bond acceptors (Lipinski definition) is 3. The SMILES string of the molecule is CCNC(=NCC1(C(=O)N(C)C)CCCC1)NCCCCCOC1CCCCC1.I. The molecule has 2 fully saturated rings. The summed E-state index contributed by atoms with van der Waals surface area (Å²) in [7, 11) is 3.71. The van der Waals surface area contributed by atoms with Crippen LogP contribution in [0.3, 0.4) is 0 Å². The highest BCUT2D eigenvalue weighted by molar-refractivity contribution is 14.0. The van der Waals surface area contributed by atoms with Crippen LogP contribution in [0.25, 0.3) is 0 Å². The number of carbonyl (C=O) groups is 1. The van der Waals surface area contributed by atoms with Gasteiger partial charge in [0.25, 0.3) is 0 Å². The van der Waals surface area contributed by atoms with E-state index in [2.05, 4.69) is 17.6 Å². The molecular weight excluding hydrogens is 491 g/mol. The standard InChI is InChI=1S/C23H44N4O2.HI/c1-4-24-22(26-19-23(15-9-10-16-23)21(28)27(2)3)25-17-11-6-12-18-29-20-13-7-5-8-14-20;/h20H,4-19H2,1-3H3,(H2,24,25,26);1H. The van der Waals surface area contributed by atoms with Crippen molar-refractivity contribution in [3.05, 3.63) is 0 Å². The number of unbranched alkanes of at least 4 members (excludes halogenated alkanes) is 2. The Labute approximate surface area is 201 Å². The maximum Gasteiger partial charge on any atom is 0.230 e. The average molecular weight is 537 g/mol. The van der Waals surface area contributed by atoms with Gasteiger partial charge in [-0.25, -0.2) is 0 Å². The number of ether oxygens (including phenoxy) is 1. The van der Waals surface area contributed by atoms with Gasteiger partial charge in [-0.1, -0.05) is 32.1 Å². The molecule has 2 aliphatic rings. The molecule has 0 heterocycles. The Morgan fingerprint density at radius 2 is 1.73 bits per heavy atom. The van der Waals surface area contributed by atoms with Crippen molar-refractivity contribution in [2.75, 3.05) is 40.3 Å². The topological polar surface area (TPSA) is 66.0 Å². The van der Waals surface area contributed by atoms with E-state index in [1.54, 1.807) is 4.90 Å². The van der Waals surface area contributed by atoms with Crippen LogP contribution in [0.15, 0.2) is 4.99 Å². The highest BCUT2D eigenvalue weighted by atomic mass is 127. The van der Waals surface area contributed by atoms with E-state index in [4.69, 9.17) is 9.73 Å². The molecule has 0 aromatic rings. The van der Waals surface area contributed by atoms with Crippen molar-refractivity contribution >= 4 is 35.8 Å². The van der Waals surface area contributed by atoms with Gasteiger partial charge >= 0.3 is 0 Å². The second kappa shape index (κ2) is 15.3. The molecule has 0 spiro atoms. The minimum Gasteiger partial charge on any atom is -0.378 e. The Hall–Kier alpha value is -0.570. The van der Waals surface area contributed by atoms with Crippen molar-refractivity contribution in [1.82, 2.24) is 15.5 Å². The van der Waals surface area contributed by atoms with Crippen molar-refractivity contribution < 1.29 is 9.53 Å². The molecule has 30 heavy (non-hydrogen) atoms. The molecule has 2 N–H and O–H groups in total. The summed E-state index contributed by atoms with van der Waals surface area (Å²) in [6.45, 7) is 5.29. The van der Waals surface area contributed by atoms with E-state index in [-0.39, 0.29) is 35.3 Å². The predicted molar refractivity (Wildman–Crippen MR) is 136 cm³/mol. The van der Waals surface area contributed by atoms with Gasteiger partial charge in [-0.2, -0.15) is 0 Å². The molecule has 2 aliphatic carbocycles. The molecule has 0 aromatic heterocycles. The van der Waals surface area contributed by atoms with E-state index in [1.165, 1.54) is 38.5 Å². The molecule has 1 amide bonds. The molecule has 2 rings (SSSR count). The lowest BCUT2D eigenvalue weighted by atomic mass is 9.85. The number of hydrogen-bond donors (Lipinski definition) is 2. The lowest BCUT2D eigenvalue weighted by molar-refractivity contribution is -0.138. The Morgan fingerprint density at radius 3 is 2.37 bits per heavy atom. The minimum atomic E-state index is -0.303. The summed E-state index contributed by atoms with van der Waals surface area (Å²) in [5.74, 6) is 1.07. The number of guanidine groups is 1. The lowest BCUT2D eigenvalue weighted by Gasteiger charge is -2.29. The summed E-state index contributed by atoms with van der Waals surface area (Å²) >= 11 is 0. The van der Waals surface area contributed by atoms with E-state index in [9.17, 15) is 4.79 Å². The molecule has 6 nitrogen and oxygen atoms in total. The van der Waals surface area contributed by atoms with Crippen LogP contribution in [0, 0.1) is 5.41 Å². The monoisotopic (exact) mass is 536 g/mol. The molecule has 7 heteroatoms. The zero-order valence-corrected chi connectivity index (χ0v) is 21.8. The van der Waals surface area contributed by atoms with Gasteiger partial charge in [0.1, 0.15) is 0 Å². The first-order valence-electron chi connectivity index (χ1n) is 11.9. The first-order valence-corrected chi connectivity index (χ1v) is 11.9. The van der Waals surface area contributed by atoms with Crippen molar-refractivity contribution in [2.24, 2.45) is 10.4 Å². The van der Waals surface area contributed by atoms with Crippen LogP contribution in [0.2, 0.25) is 0 Å². The zero-order chi connectivity index (χ0) is 21.0. The molecule has 0 aromatic carbocycles. The van der Waals surface area contributed by atoms with Gasteiger partial charge in [0.05, 0.1) is 18.1 Å². The van der Waals surface area contributed by atoms with Crippen molar-refractivity contribution in [3.63, 3.8) is 0 Å². The van der Waals surface area contributed by atoms with E-state index >= 15 is 0 Å². The number of amides is 1. The van der Waals surface area contributed by atoms with Gasteiger partial charge in [-0.05, 0) is 51.9 Å². The quantitative estimate of drug-likeness (QED) is 0.179. The smallest absolute Gasteiger partial charge is 0.230 e. The summed E-state index contributed by atoms with van der Waals surface area (Å²) in [5.41, 5.74) is -0.303. The largest absolute Gasteiger partial charge is 0.378 e. The maximum atomic E-state index is 12.7. The fraction of sp³-hybridized carbons (Fsp3) is 0.913. The van der Waals surface area contributed by atoms with E-state index in [0.717, 1.165) is 64.2 Å². The highest BCUT2D eigenvalue weighted by Crippen LogP contribution is 2.39. The number of nitrogens with zero attached hydrogens (tertiary/aromatic N) is 2. The first-order chi connectivity index (χ1) is 14.1. The van der Waals surface area contributed by atoms with Crippen LogP contribution in [-0.2, 0) is 9.53 Å². The molecule has 0 atom stereocenters. The van der Waals surface area contributed by atoms with E-state index in [1.807, 2.05) is 14.1 Å². The van der Waals surface area contributed by atoms with Gasteiger partial charge in [-0.3, -0.25) is 9.79 Å². The third kappa shape index (κ3) is 9.28. The normalized spacial score (nSPS) is 19.2. The number of aliphatic imine (C=N–C) groups is 1. The van der Waals surface area contributed by atoms with Crippen molar-refractivity contribution in [2.45, 2.75) is 90.1 Å². The minimum absolute atomic E-state index is 0. The Bertz CT molecular complexity index is 501. The van der Waals surface area contributed by atoms with Gasteiger partial charge < -0.3 is 20.3 Å². The van der Waals surface area contributed by atoms with Crippen molar-refractivity contribution in [3.8, 4) is 0 Å². The van der Waals surface area contributed by atoms with Gasteiger partial charge in [0.15, 0.2) is 5.96 Å². The predicted octanol–water partition coefficient (Wildman–Crippen LogP) is 4.33. The molecule has 0 saturated heterocycles. The third-order valence-electron chi connectivity index (χ3n) is 6.32. The van der Waals surface area contributed by atoms with Crippen LogP contribution >= 0.6 is 24.0 Å². The molecular formula is C23H45IN4O2. The zero-order valence-electron chi connectivity index (χ0n) is 19.5. The lowest BCUT2D eigenvalue weighted by Crippen LogP contribution is -2.43. The molecule has 0 aliphatic heterocycles. The second-order valence-corrected chi connectivity index (χ2v) is 9.00. The summed E-state index contributed by atoms with van der Waals surface area (Å²) in [6, 6.07) is 0. The van der Waals surface area contributed by atoms with Gasteiger partial charge in [0.2, 0.25) is 5.91 Å². The summed E-state index contributed by atoms with van der Waals surface area (Å²) < 4.78 is 6.01. The highest BCUT2D eigenvalue weighted by Gasteiger charge is 2.42. The van der Waals surface area contributed by atoms with Crippen LogP contribution in [0.5, 0.6) is 0 Å². The fourth-order valence-corrected chi connectivity index (χ4v) is 4.63. The molecule has 0 unspecified atom stereocenters. The summed E-state index contributed by atoms with van der Waals surface area (Å²) in [4.78, 5) is 19.2. The van der Waals surface area contributed by atoms with Crippen molar-refractivity contribution in [1.29, 1.82) is 0 Å². The van der Waals surface area contributed by atoms with Crippen LogP contribution in [-0.4, -0.2) is 63.2 Å². The summed E-state index contributed by atoms with van der Waals surface area (Å²) in [5, 5.41) is 6.77. The van der Waals surface area contributed by atoms with Crippen LogP contribution in [0.4, 0.5) is 0 Å². The Morgan fingerprint density at radius 1 is 1.03 bits per heavy atom. The number of carbonyl (C=O) groups excluding carboxylic acids is 1. The number of rotatable bonds is 11. The molecule has 176 valence electrons. The van der Waals surface area contributed by atoms with E-state index in [0.29, 0.717) is 12.6 Å². The Balaban J connectivity index is 0.00000450. The van der Waals surface area contributed by atoms with E-state index < -0.39 is 0 Å². The average Bonchev–Trinajstić information content (AvgIpc) is 3.21. The van der Waals surface area contributed by atoms with Crippen LogP contribution in [0.1, 0.15) is 84.0 Å². The number of nitrogens with one attached hydrogen (secondary N) is 2. The maximum absolute atomic E-state index is 12.7. The van der Waals surface area contributed by atoms with Crippen LogP contribution < -0.4 is 10.6 Å². The molecule has 0 radical (unpaired) electrons. The first kappa shape index (κ1) is 27.5.